The highest BCUT2D eigenvalue weighted by molar-refractivity contribution is 6.99. The number of rotatable bonds is 17. The van der Waals surface area contributed by atoms with Crippen LogP contribution in [-0.4, -0.2) is 27.1 Å². The third-order valence-electron chi connectivity index (χ3n) is 7.58. The Kier molecular flexibility index (Phi) is 12.0. The van der Waals surface area contributed by atoms with Gasteiger partial charge in [-0.3, -0.25) is 0 Å². The lowest BCUT2D eigenvalue weighted by atomic mass is 10.1. The van der Waals surface area contributed by atoms with Crippen LogP contribution >= 0.6 is 0 Å². The first-order valence-electron chi connectivity index (χ1n) is 14.5. The smallest absolute Gasteiger partial charge is 0.261 e. The summed E-state index contributed by atoms with van der Waals surface area (Å²) in [6.07, 6.45) is 19.9. The van der Waals surface area contributed by atoms with Gasteiger partial charge >= 0.3 is 0 Å². The number of epoxide rings is 1. The first-order chi connectivity index (χ1) is 17.5. The average Bonchev–Trinajstić information content (AvgIpc) is 3.63. The maximum Gasteiger partial charge on any atom is 0.261 e. The quantitative estimate of drug-likeness (QED) is 0.0933. The van der Waals surface area contributed by atoms with Crippen LogP contribution in [0, 0.1) is 0 Å². The van der Waals surface area contributed by atoms with E-state index in [0.29, 0.717) is 12.7 Å². The lowest BCUT2D eigenvalue weighted by molar-refractivity contribution is 0.248. The van der Waals surface area contributed by atoms with Gasteiger partial charge in [0, 0.05) is 0 Å². The van der Waals surface area contributed by atoms with E-state index in [1.165, 1.54) is 74.6 Å². The van der Waals surface area contributed by atoms with Gasteiger partial charge in [0.2, 0.25) is 0 Å². The molecule has 2 aromatic carbocycles. The van der Waals surface area contributed by atoms with E-state index in [1.54, 1.807) is 0 Å². The summed E-state index contributed by atoms with van der Waals surface area (Å²) in [7, 11) is -2.47. The minimum Gasteiger partial charge on any atom is -0.405 e. The Morgan fingerprint density at radius 3 is 1.78 bits per heavy atom. The second-order valence-electron chi connectivity index (χ2n) is 11.5. The fourth-order valence-corrected chi connectivity index (χ4v) is 9.99. The molecule has 1 saturated heterocycles. The fourth-order valence-electron chi connectivity index (χ4n) is 5.42. The van der Waals surface area contributed by atoms with Gasteiger partial charge in [0.05, 0.1) is 12.7 Å². The molecule has 198 valence electrons. The van der Waals surface area contributed by atoms with Crippen molar-refractivity contribution in [1.29, 1.82) is 0 Å². The predicted molar refractivity (Wildman–Crippen MR) is 158 cm³/mol. The molecular formula is C33H50O2Si. The summed E-state index contributed by atoms with van der Waals surface area (Å²) in [5, 5.41) is 2.68. The molecule has 0 aromatic heterocycles. The molecule has 1 fully saturated rings. The minimum atomic E-state index is -2.47. The monoisotopic (exact) mass is 506 g/mol. The summed E-state index contributed by atoms with van der Waals surface area (Å²) >= 11 is 0. The molecule has 2 nitrogen and oxygen atoms in total. The molecule has 0 N–H and O–H groups in total. The van der Waals surface area contributed by atoms with E-state index in [9.17, 15) is 0 Å². The van der Waals surface area contributed by atoms with Crippen molar-refractivity contribution < 1.29 is 9.16 Å². The molecule has 0 saturated carbocycles. The first kappa shape index (κ1) is 28.9. The number of benzene rings is 2. The van der Waals surface area contributed by atoms with Gasteiger partial charge in [-0.1, -0.05) is 152 Å². The maximum absolute atomic E-state index is 7.02. The van der Waals surface area contributed by atoms with Gasteiger partial charge in [0.1, 0.15) is 6.10 Å². The standard InChI is InChI=1S/C33H50O2Si/c1-5-6-7-8-9-10-11-12-13-14-15-22-27-31-32(35-31)28-34-36(33(2,3)4,29-23-18-16-19-24-29)30-25-20-17-21-26-30/h15-26,31-32H,5-14,27-28H2,1-4H3/b22-15-/t31-,32+/m1/s1. The van der Waals surface area contributed by atoms with Gasteiger partial charge in [-0.2, -0.15) is 0 Å². The van der Waals surface area contributed by atoms with Crippen molar-refractivity contribution in [1.82, 2.24) is 0 Å². The topological polar surface area (TPSA) is 21.8 Å². The van der Waals surface area contributed by atoms with Crippen molar-refractivity contribution in [2.24, 2.45) is 0 Å². The second-order valence-corrected chi connectivity index (χ2v) is 15.8. The summed E-state index contributed by atoms with van der Waals surface area (Å²) in [5.74, 6) is 0. The molecule has 1 heterocycles. The second kappa shape index (κ2) is 14.9. The van der Waals surface area contributed by atoms with Crippen LogP contribution in [0.4, 0.5) is 0 Å². The Labute approximate surface area is 222 Å². The van der Waals surface area contributed by atoms with Crippen LogP contribution < -0.4 is 10.4 Å². The number of hydrogen-bond acceptors (Lipinski definition) is 2. The molecule has 1 aliphatic rings. The number of unbranched alkanes of at least 4 members (excludes halogenated alkanes) is 9. The fraction of sp³-hybridized carbons (Fsp3) is 0.576. The van der Waals surface area contributed by atoms with Crippen LogP contribution in [0.2, 0.25) is 5.04 Å². The molecule has 0 bridgehead atoms. The highest BCUT2D eigenvalue weighted by Crippen LogP contribution is 2.38. The van der Waals surface area contributed by atoms with Gasteiger partial charge in [0.25, 0.3) is 8.32 Å². The lowest BCUT2D eigenvalue weighted by Gasteiger charge is -2.43. The zero-order valence-electron chi connectivity index (χ0n) is 23.4. The summed E-state index contributed by atoms with van der Waals surface area (Å²) in [4.78, 5) is 0. The van der Waals surface area contributed by atoms with Crippen LogP contribution in [0.1, 0.15) is 98.3 Å². The molecular weight excluding hydrogens is 456 g/mol. The van der Waals surface area contributed by atoms with E-state index in [0.717, 1.165) is 6.42 Å². The Morgan fingerprint density at radius 2 is 1.25 bits per heavy atom. The molecule has 36 heavy (non-hydrogen) atoms. The molecule has 0 unspecified atom stereocenters. The largest absolute Gasteiger partial charge is 0.405 e. The highest BCUT2D eigenvalue weighted by atomic mass is 28.4. The average molecular weight is 507 g/mol. The van der Waals surface area contributed by atoms with Gasteiger partial charge in [0.15, 0.2) is 0 Å². The maximum atomic E-state index is 7.02. The number of ether oxygens (including phenoxy) is 1. The molecule has 3 rings (SSSR count). The highest BCUT2D eigenvalue weighted by Gasteiger charge is 2.51. The van der Waals surface area contributed by atoms with Gasteiger partial charge < -0.3 is 9.16 Å². The van der Waals surface area contributed by atoms with E-state index in [4.69, 9.17) is 9.16 Å². The van der Waals surface area contributed by atoms with Crippen molar-refractivity contribution in [2.75, 3.05) is 6.61 Å². The number of hydrogen-bond donors (Lipinski definition) is 0. The van der Waals surface area contributed by atoms with Crippen molar-refractivity contribution in [2.45, 2.75) is 116 Å². The lowest BCUT2D eigenvalue weighted by Crippen LogP contribution is -2.66. The van der Waals surface area contributed by atoms with Crippen LogP contribution in [0.15, 0.2) is 72.8 Å². The minimum absolute atomic E-state index is 0.00943. The van der Waals surface area contributed by atoms with Crippen LogP contribution in [0.3, 0.4) is 0 Å². The Hall–Kier alpha value is -1.68. The van der Waals surface area contributed by atoms with Crippen molar-refractivity contribution in [3.63, 3.8) is 0 Å². The van der Waals surface area contributed by atoms with Gasteiger partial charge in [-0.15, -0.1) is 0 Å². The third kappa shape index (κ3) is 8.43. The van der Waals surface area contributed by atoms with Crippen LogP contribution in [0.5, 0.6) is 0 Å². The zero-order valence-corrected chi connectivity index (χ0v) is 24.4. The molecule has 0 radical (unpaired) electrons. The Bertz CT molecular complexity index is 832. The van der Waals surface area contributed by atoms with E-state index in [-0.39, 0.29) is 11.1 Å². The summed E-state index contributed by atoms with van der Waals surface area (Å²) in [6, 6.07) is 21.8. The molecule has 0 spiro atoms. The molecule has 3 heteroatoms. The van der Waals surface area contributed by atoms with E-state index >= 15 is 0 Å². The molecule has 0 amide bonds. The summed E-state index contributed by atoms with van der Waals surface area (Å²) < 4.78 is 13.1. The van der Waals surface area contributed by atoms with Crippen molar-refractivity contribution in [3.05, 3.63) is 72.8 Å². The molecule has 0 aliphatic carbocycles. The van der Waals surface area contributed by atoms with Gasteiger partial charge in [-0.05, 0) is 34.7 Å². The van der Waals surface area contributed by atoms with Gasteiger partial charge in [-0.25, -0.2) is 0 Å². The summed E-state index contributed by atoms with van der Waals surface area (Å²) in [5.41, 5.74) is 0. The Balaban J connectivity index is 1.44. The first-order valence-corrected chi connectivity index (χ1v) is 16.5. The normalized spacial score (nSPS) is 18.1. The third-order valence-corrected chi connectivity index (χ3v) is 12.6. The Morgan fingerprint density at radius 1 is 0.722 bits per heavy atom. The zero-order chi connectivity index (χ0) is 25.7. The van der Waals surface area contributed by atoms with Crippen LogP contribution in [0.25, 0.3) is 0 Å². The molecule has 2 aromatic rings. The molecule has 1 aliphatic heterocycles. The predicted octanol–water partition coefficient (Wildman–Crippen LogP) is 8.20. The van der Waals surface area contributed by atoms with E-state index in [1.807, 2.05) is 0 Å². The van der Waals surface area contributed by atoms with E-state index in [2.05, 4.69) is 101 Å². The van der Waals surface area contributed by atoms with Crippen molar-refractivity contribution >= 4 is 18.7 Å². The SMILES string of the molecule is CCCCCCCCCCC/C=C\C[C@H]1O[C@H]1CO[Si](c1ccccc1)(c1ccccc1)C(C)(C)C. The number of allylic oxidation sites excluding steroid dienone is 1. The summed E-state index contributed by atoms with van der Waals surface area (Å²) in [6.45, 7) is 9.96. The van der Waals surface area contributed by atoms with Crippen LogP contribution in [-0.2, 0) is 9.16 Å². The van der Waals surface area contributed by atoms with Crippen molar-refractivity contribution in [3.8, 4) is 0 Å². The molecule has 2 atom stereocenters. The van der Waals surface area contributed by atoms with E-state index < -0.39 is 8.32 Å².